The Hall–Kier alpha value is -1.06. The van der Waals surface area contributed by atoms with Crippen molar-refractivity contribution in [3.05, 3.63) is 34.9 Å². The Morgan fingerprint density at radius 1 is 1.24 bits per heavy atom. The summed E-state index contributed by atoms with van der Waals surface area (Å²) in [6.07, 6.45) is 5.43. The van der Waals surface area contributed by atoms with Crippen LogP contribution in [0, 0.1) is 11.3 Å². The van der Waals surface area contributed by atoms with Crippen molar-refractivity contribution in [3.8, 4) is 0 Å². The number of hydrogen-bond donors (Lipinski definition) is 2. The Morgan fingerprint density at radius 2 is 2.00 bits per heavy atom. The van der Waals surface area contributed by atoms with Crippen molar-refractivity contribution in [1.82, 2.24) is 10.6 Å². The molecule has 0 aromatic heterocycles. The van der Waals surface area contributed by atoms with E-state index in [1.165, 1.54) is 0 Å². The van der Waals surface area contributed by atoms with Crippen LogP contribution in [0.3, 0.4) is 0 Å². The minimum Gasteiger partial charge on any atom is -0.346 e. The Bertz CT molecular complexity index is 576. The van der Waals surface area contributed by atoms with E-state index in [4.69, 9.17) is 11.6 Å². The predicted octanol–water partition coefficient (Wildman–Crippen LogP) is 2.84. The van der Waals surface area contributed by atoms with Gasteiger partial charge in [0.1, 0.15) is 0 Å². The number of nitrogens with one attached hydrogen (secondary N) is 2. The van der Waals surface area contributed by atoms with Gasteiger partial charge >= 0.3 is 0 Å². The molecular formula is C17H21ClN2O. The Labute approximate surface area is 130 Å². The lowest BCUT2D eigenvalue weighted by molar-refractivity contribution is -0.124. The Morgan fingerprint density at radius 3 is 2.67 bits per heavy atom. The van der Waals surface area contributed by atoms with Gasteiger partial charge in [0.2, 0.25) is 5.91 Å². The molecule has 112 valence electrons. The molecule has 0 radical (unpaired) electrons. The molecule has 1 aliphatic heterocycles. The van der Waals surface area contributed by atoms with Gasteiger partial charge in [-0.05, 0) is 68.3 Å². The van der Waals surface area contributed by atoms with E-state index in [2.05, 4.69) is 16.7 Å². The van der Waals surface area contributed by atoms with Crippen LogP contribution in [-0.2, 0) is 10.3 Å². The van der Waals surface area contributed by atoms with Crippen LogP contribution in [0.2, 0.25) is 5.02 Å². The Balaban J connectivity index is 1.45. The smallest absolute Gasteiger partial charge is 0.224 e. The van der Waals surface area contributed by atoms with Crippen molar-refractivity contribution >= 4 is 17.5 Å². The molecule has 1 amide bonds. The largest absolute Gasteiger partial charge is 0.346 e. The molecule has 1 atom stereocenters. The van der Waals surface area contributed by atoms with E-state index in [-0.39, 0.29) is 17.4 Å². The van der Waals surface area contributed by atoms with E-state index in [0.717, 1.165) is 55.8 Å². The minimum atomic E-state index is -0.140. The second-order valence-electron chi connectivity index (χ2n) is 6.95. The lowest BCUT2D eigenvalue weighted by Crippen LogP contribution is -2.38. The SMILES string of the molecule is O=C(NC1(c2cccc(Cl)c2)CC1)C1CC12CCNCC2. The summed E-state index contributed by atoms with van der Waals surface area (Å²) in [6.45, 7) is 2.12. The van der Waals surface area contributed by atoms with Gasteiger partial charge in [0.05, 0.1) is 5.54 Å². The van der Waals surface area contributed by atoms with Crippen molar-refractivity contribution in [2.24, 2.45) is 11.3 Å². The maximum absolute atomic E-state index is 12.6. The first-order valence-corrected chi connectivity index (χ1v) is 8.30. The lowest BCUT2D eigenvalue weighted by atomic mass is 9.91. The highest BCUT2D eigenvalue weighted by Crippen LogP contribution is 2.59. The van der Waals surface area contributed by atoms with Crippen LogP contribution in [0.15, 0.2) is 24.3 Å². The molecule has 0 bridgehead atoms. The molecule has 21 heavy (non-hydrogen) atoms. The van der Waals surface area contributed by atoms with Gasteiger partial charge in [-0.3, -0.25) is 4.79 Å². The molecule has 4 heteroatoms. The molecule has 1 saturated heterocycles. The van der Waals surface area contributed by atoms with Gasteiger partial charge in [0.25, 0.3) is 0 Å². The molecule has 1 aromatic rings. The molecule has 1 spiro atoms. The standard InChI is InChI=1S/C17H21ClN2O/c18-13-3-1-2-12(10-13)17(4-5-17)20-15(21)14-11-16(14)6-8-19-9-7-16/h1-3,10,14,19H,4-9,11H2,(H,20,21). The zero-order valence-corrected chi connectivity index (χ0v) is 12.9. The highest BCUT2D eigenvalue weighted by atomic mass is 35.5. The quantitative estimate of drug-likeness (QED) is 0.901. The fraction of sp³-hybridized carbons (Fsp3) is 0.588. The average molecular weight is 305 g/mol. The third kappa shape index (κ3) is 2.36. The highest BCUT2D eigenvalue weighted by Gasteiger charge is 2.59. The number of piperidine rings is 1. The first-order valence-electron chi connectivity index (χ1n) is 7.92. The van der Waals surface area contributed by atoms with E-state index in [0.29, 0.717) is 5.41 Å². The van der Waals surface area contributed by atoms with Gasteiger partial charge in [-0.25, -0.2) is 0 Å². The summed E-state index contributed by atoms with van der Waals surface area (Å²) in [5.41, 5.74) is 1.32. The molecule has 1 heterocycles. The summed E-state index contributed by atoms with van der Waals surface area (Å²) < 4.78 is 0. The maximum Gasteiger partial charge on any atom is 0.224 e. The highest BCUT2D eigenvalue weighted by molar-refractivity contribution is 6.30. The molecule has 4 rings (SSSR count). The van der Waals surface area contributed by atoms with Gasteiger partial charge in [0.15, 0.2) is 0 Å². The fourth-order valence-corrected chi connectivity index (χ4v) is 4.11. The summed E-state index contributed by atoms with van der Waals surface area (Å²) in [7, 11) is 0. The second-order valence-corrected chi connectivity index (χ2v) is 7.39. The van der Waals surface area contributed by atoms with Crippen LogP contribution in [0.5, 0.6) is 0 Å². The summed E-state index contributed by atoms with van der Waals surface area (Å²) in [4.78, 5) is 12.6. The minimum absolute atomic E-state index is 0.140. The number of benzene rings is 1. The van der Waals surface area contributed by atoms with Crippen molar-refractivity contribution in [3.63, 3.8) is 0 Å². The van der Waals surface area contributed by atoms with Crippen molar-refractivity contribution < 1.29 is 4.79 Å². The zero-order chi connectivity index (χ0) is 14.5. The van der Waals surface area contributed by atoms with Crippen molar-refractivity contribution in [2.45, 2.75) is 37.6 Å². The van der Waals surface area contributed by atoms with Gasteiger partial charge in [-0.1, -0.05) is 23.7 Å². The summed E-state index contributed by atoms with van der Waals surface area (Å²) >= 11 is 6.09. The predicted molar refractivity (Wildman–Crippen MR) is 83.2 cm³/mol. The summed E-state index contributed by atoms with van der Waals surface area (Å²) in [5, 5.41) is 7.46. The van der Waals surface area contributed by atoms with E-state index < -0.39 is 0 Å². The van der Waals surface area contributed by atoms with Crippen LogP contribution >= 0.6 is 11.6 Å². The van der Waals surface area contributed by atoms with Crippen LogP contribution < -0.4 is 10.6 Å². The van der Waals surface area contributed by atoms with Crippen LogP contribution in [-0.4, -0.2) is 19.0 Å². The van der Waals surface area contributed by atoms with Gasteiger partial charge < -0.3 is 10.6 Å². The maximum atomic E-state index is 12.6. The summed E-state index contributed by atoms with van der Waals surface area (Å²) in [6, 6.07) is 7.91. The molecule has 1 aromatic carbocycles. The van der Waals surface area contributed by atoms with Gasteiger partial charge in [-0.2, -0.15) is 0 Å². The van der Waals surface area contributed by atoms with Crippen LogP contribution in [0.25, 0.3) is 0 Å². The molecule has 3 nitrogen and oxygen atoms in total. The molecule has 2 saturated carbocycles. The molecule has 3 aliphatic rings. The van der Waals surface area contributed by atoms with Crippen LogP contribution in [0.4, 0.5) is 0 Å². The van der Waals surface area contributed by atoms with E-state index in [1.54, 1.807) is 0 Å². The molecule has 2 N–H and O–H groups in total. The summed E-state index contributed by atoms with van der Waals surface area (Å²) in [5.74, 6) is 0.491. The van der Waals surface area contributed by atoms with E-state index >= 15 is 0 Å². The molecule has 3 fully saturated rings. The van der Waals surface area contributed by atoms with Crippen molar-refractivity contribution in [1.29, 1.82) is 0 Å². The number of carbonyl (C=O) groups excluding carboxylic acids is 1. The van der Waals surface area contributed by atoms with Crippen LogP contribution in [0.1, 0.15) is 37.7 Å². The lowest BCUT2D eigenvalue weighted by Gasteiger charge is -2.24. The first-order chi connectivity index (χ1) is 10.1. The average Bonchev–Trinajstić information content (AvgIpc) is 3.38. The first kappa shape index (κ1) is 13.6. The van der Waals surface area contributed by atoms with Gasteiger partial charge in [0, 0.05) is 10.9 Å². The normalized spacial score (nSPS) is 28.1. The number of amides is 1. The monoisotopic (exact) mass is 304 g/mol. The van der Waals surface area contributed by atoms with Crippen molar-refractivity contribution in [2.75, 3.05) is 13.1 Å². The number of carbonyl (C=O) groups is 1. The Kier molecular flexibility index (Phi) is 3.05. The molecular weight excluding hydrogens is 284 g/mol. The number of hydrogen-bond acceptors (Lipinski definition) is 2. The van der Waals surface area contributed by atoms with E-state index in [1.807, 2.05) is 18.2 Å². The third-order valence-electron chi connectivity index (χ3n) is 5.60. The number of halogens is 1. The molecule has 2 aliphatic carbocycles. The fourth-order valence-electron chi connectivity index (χ4n) is 3.92. The number of rotatable bonds is 3. The third-order valence-corrected chi connectivity index (χ3v) is 5.83. The molecule has 1 unspecified atom stereocenters. The van der Waals surface area contributed by atoms with E-state index in [9.17, 15) is 4.79 Å². The van der Waals surface area contributed by atoms with Gasteiger partial charge in [-0.15, -0.1) is 0 Å². The second kappa shape index (κ2) is 4.72. The topological polar surface area (TPSA) is 41.1 Å². The zero-order valence-electron chi connectivity index (χ0n) is 12.1.